The molecular weight excluding hydrogens is 721 g/mol. The van der Waals surface area contributed by atoms with Crippen molar-refractivity contribution in [1.29, 1.82) is 0 Å². The van der Waals surface area contributed by atoms with Crippen LogP contribution >= 0.6 is 0 Å². The van der Waals surface area contributed by atoms with Crippen LogP contribution in [0.2, 0.25) is 0 Å². The summed E-state index contributed by atoms with van der Waals surface area (Å²) in [6, 6.07) is 0. The average Bonchev–Trinajstić information content (AvgIpc) is 3.21. The fourth-order valence-electron chi connectivity index (χ4n) is 7.61. The molecule has 6 unspecified atom stereocenters. The van der Waals surface area contributed by atoms with E-state index < -0.39 is 43.4 Å². The molecule has 0 amide bonds. The fraction of sp³-hybridized carbons (Fsp3) is 0.938. The highest BCUT2D eigenvalue weighted by Gasteiger charge is 2.44. The van der Waals surface area contributed by atoms with E-state index in [1.54, 1.807) is 0 Å². The number of unbranched alkanes of at least 4 members (excludes halogenated alkanes) is 29. The van der Waals surface area contributed by atoms with Gasteiger partial charge in [0.15, 0.2) is 6.29 Å². The highest BCUT2D eigenvalue weighted by Crippen LogP contribution is 2.23. The Balaban J connectivity index is 2.20. The van der Waals surface area contributed by atoms with Crippen LogP contribution in [0.3, 0.4) is 0 Å². The lowest BCUT2D eigenvalue weighted by Gasteiger charge is -2.39. The van der Waals surface area contributed by atoms with Gasteiger partial charge < -0.3 is 39.4 Å². The van der Waals surface area contributed by atoms with Gasteiger partial charge in [-0.3, -0.25) is 4.79 Å². The summed E-state index contributed by atoms with van der Waals surface area (Å²) < 4.78 is 22.9. The number of aliphatic hydroxyl groups excluding tert-OH is 4. The third-order valence-electron chi connectivity index (χ3n) is 11.4. The van der Waals surface area contributed by atoms with Gasteiger partial charge in [0.2, 0.25) is 0 Å². The highest BCUT2D eigenvalue weighted by atomic mass is 16.7. The summed E-state index contributed by atoms with van der Waals surface area (Å²) in [6.07, 6.45) is 38.1. The van der Waals surface area contributed by atoms with E-state index in [2.05, 4.69) is 26.0 Å². The van der Waals surface area contributed by atoms with Crippen LogP contribution in [0.15, 0.2) is 12.2 Å². The van der Waals surface area contributed by atoms with Gasteiger partial charge in [-0.1, -0.05) is 193 Å². The molecule has 1 heterocycles. The number of allylic oxidation sites excluding steroid dienone is 2. The molecule has 0 aromatic carbocycles. The maximum atomic E-state index is 12.8. The van der Waals surface area contributed by atoms with Gasteiger partial charge in [0.1, 0.15) is 30.5 Å². The predicted octanol–water partition coefficient (Wildman–Crippen LogP) is 11.2. The normalized spacial score (nSPS) is 20.4. The molecule has 0 bridgehead atoms. The van der Waals surface area contributed by atoms with Gasteiger partial charge in [0, 0.05) is 13.0 Å². The molecule has 1 aliphatic rings. The zero-order valence-electron chi connectivity index (χ0n) is 37.1. The summed E-state index contributed by atoms with van der Waals surface area (Å²) >= 11 is 0. The molecule has 57 heavy (non-hydrogen) atoms. The third-order valence-corrected chi connectivity index (χ3v) is 11.4. The van der Waals surface area contributed by atoms with Crippen molar-refractivity contribution in [2.45, 2.75) is 263 Å². The number of ether oxygens (including phenoxy) is 4. The summed E-state index contributed by atoms with van der Waals surface area (Å²) in [7, 11) is 0. The second-order valence-corrected chi connectivity index (χ2v) is 16.9. The first-order valence-corrected chi connectivity index (χ1v) is 24.3. The first kappa shape index (κ1) is 53.9. The van der Waals surface area contributed by atoms with Gasteiger partial charge >= 0.3 is 5.97 Å². The maximum Gasteiger partial charge on any atom is 0.306 e. The van der Waals surface area contributed by atoms with Crippen molar-refractivity contribution >= 4 is 5.97 Å². The van der Waals surface area contributed by atoms with Crippen LogP contribution < -0.4 is 0 Å². The van der Waals surface area contributed by atoms with Crippen molar-refractivity contribution in [2.75, 3.05) is 26.4 Å². The Bertz CT molecular complexity index is 884. The Morgan fingerprint density at radius 1 is 0.544 bits per heavy atom. The zero-order chi connectivity index (χ0) is 41.4. The molecule has 0 radical (unpaired) electrons. The van der Waals surface area contributed by atoms with Crippen LogP contribution in [-0.2, 0) is 23.7 Å². The van der Waals surface area contributed by atoms with Gasteiger partial charge in [0.25, 0.3) is 0 Å². The topological polar surface area (TPSA) is 135 Å². The zero-order valence-corrected chi connectivity index (χ0v) is 37.1. The van der Waals surface area contributed by atoms with Crippen LogP contribution in [0.4, 0.5) is 0 Å². The lowest BCUT2D eigenvalue weighted by molar-refractivity contribution is -0.305. The predicted molar refractivity (Wildman–Crippen MR) is 233 cm³/mol. The molecule has 0 saturated carbocycles. The molecule has 1 rings (SSSR count). The van der Waals surface area contributed by atoms with Crippen LogP contribution in [-0.4, -0.2) is 89.6 Å². The fourth-order valence-corrected chi connectivity index (χ4v) is 7.61. The average molecular weight is 813 g/mol. The Morgan fingerprint density at radius 2 is 0.965 bits per heavy atom. The molecule has 4 N–H and O–H groups in total. The minimum Gasteiger partial charge on any atom is -0.457 e. The Kier molecular flexibility index (Phi) is 38.2. The first-order chi connectivity index (χ1) is 27.9. The standard InChI is InChI=1S/C48H92O9/c1-3-5-7-9-11-13-15-17-19-20-21-22-23-24-26-28-30-32-34-36-38-54-40-42(41-55-48-47(53)46(52)45(51)43(39-49)57-48)56-44(50)37-35-33-31-29-27-25-18-16-14-12-10-8-6-4-2/h17,19,42-43,45-49,51-53H,3-16,18,20-41H2,1-2H3/b19-17-. The van der Waals surface area contributed by atoms with Crippen LogP contribution in [0, 0.1) is 0 Å². The Morgan fingerprint density at radius 3 is 1.42 bits per heavy atom. The quantitative estimate of drug-likeness (QED) is 0.0270. The number of hydrogen-bond acceptors (Lipinski definition) is 9. The minimum absolute atomic E-state index is 0.108. The maximum absolute atomic E-state index is 12.8. The molecule has 9 nitrogen and oxygen atoms in total. The number of hydrogen-bond donors (Lipinski definition) is 4. The Hall–Kier alpha value is -1.07. The molecule has 1 saturated heterocycles. The minimum atomic E-state index is -1.53. The third kappa shape index (κ3) is 31.5. The second-order valence-electron chi connectivity index (χ2n) is 16.9. The number of carbonyl (C=O) groups is 1. The van der Waals surface area contributed by atoms with Crippen LogP contribution in [0.5, 0.6) is 0 Å². The first-order valence-electron chi connectivity index (χ1n) is 24.3. The van der Waals surface area contributed by atoms with Crippen molar-refractivity contribution in [2.24, 2.45) is 0 Å². The lowest BCUT2D eigenvalue weighted by atomic mass is 9.99. The SMILES string of the molecule is CCCCCCCC/C=C\CCCCCCCCCCCCOCC(COC1OC(CO)C(O)C(O)C1O)OC(=O)CCCCCCCCCCCCCCCC. The lowest BCUT2D eigenvalue weighted by Crippen LogP contribution is -2.59. The van der Waals surface area contributed by atoms with E-state index in [0.29, 0.717) is 13.0 Å². The summed E-state index contributed by atoms with van der Waals surface area (Å²) in [6.45, 7) is 4.59. The van der Waals surface area contributed by atoms with E-state index in [0.717, 1.165) is 32.1 Å². The molecule has 9 heteroatoms. The summed E-state index contributed by atoms with van der Waals surface area (Å²) in [5, 5.41) is 40.1. The molecule has 6 atom stereocenters. The van der Waals surface area contributed by atoms with E-state index in [1.165, 1.54) is 173 Å². The molecule has 338 valence electrons. The van der Waals surface area contributed by atoms with E-state index in [-0.39, 0.29) is 19.2 Å². The molecule has 0 aromatic heterocycles. The molecule has 0 spiro atoms. The van der Waals surface area contributed by atoms with Crippen LogP contribution in [0.25, 0.3) is 0 Å². The van der Waals surface area contributed by atoms with Crippen LogP contribution in [0.1, 0.15) is 226 Å². The molecule has 1 aliphatic heterocycles. The van der Waals surface area contributed by atoms with Gasteiger partial charge in [-0.05, 0) is 38.5 Å². The number of aliphatic hydroxyl groups is 4. The van der Waals surface area contributed by atoms with E-state index in [1.807, 2.05) is 0 Å². The van der Waals surface area contributed by atoms with Crippen molar-refractivity contribution in [3.63, 3.8) is 0 Å². The number of rotatable bonds is 42. The number of carbonyl (C=O) groups excluding carboxylic acids is 1. The highest BCUT2D eigenvalue weighted by molar-refractivity contribution is 5.69. The summed E-state index contributed by atoms with van der Waals surface area (Å²) in [4.78, 5) is 12.8. The van der Waals surface area contributed by atoms with Gasteiger partial charge in [0.05, 0.1) is 19.8 Å². The van der Waals surface area contributed by atoms with Gasteiger partial charge in [-0.2, -0.15) is 0 Å². The van der Waals surface area contributed by atoms with Crippen molar-refractivity contribution in [1.82, 2.24) is 0 Å². The molecule has 1 fully saturated rings. The number of esters is 1. The second kappa shape index (κ2) is 40.3. The summed E-state index contributed by atoms with van der Waals surface area (Å²) in [5.41, 5.74) is 0. The van der Waals surface area contributed by atoms with Gasteiger partial charge in [-0.15, -0.1) is 0 Å². The van der Waals surface area contributed by atoms with Crippen molar-refractivity contribution in [3.8, 4) is 0 Å². The van der Waals surface area contributed by atoms with E-state index in [4.69, 9.17) is 18.9 Å². The van der Waals surface area contributed by atoms with Gasteiger partial charge in [-0.25, -0.2) is 0 Å². The van der Waals surface area contributed by atoms with E-state index >= 15 is 0 Å². The smallest absolute Gasteiger partial charge is 0.306 e. The van der Waals surface area contributed by atoms with E-state index in [9.17, 15) is 25.2 Å². The Labute approximate surface area is 350 Å². The monoisotopic (exact) mass is 813 g/mol. The molecular formula is C48H92O9. The molecule has 0 aromatic rings. The van der Waals surface area contributed by atoms with Crippen molar-refractivity contribution < 1.29 is 44.2 Å². The van der Waals surface area contributed by atoms with Crippen molar-refractivity contribution in [3.05, 3.63) is 12.2 Å². The molecule has 0 aliphatic carbocycles. The summed E-state index contributed by atoms with van der Waals surface area (Å²) in [5.74, 6) is -0.310. The largest absolute Gasteiger partial charge is 0.457 e.